The topological polar surface area (TPSA) is 73.3 Å². The van der Waals surface area contributed by atoms with Crippen molar-refractivity contribution < 1.29 is 18.5 Å². The standard InChI is InChI=1S/C27H31BFN3O3/c1-17-22(18-9-8-10-20(13-18)28-34-26(4,5)27(6,7)35-28)15-21(16-31-17)32-24(33)19-11-12-30-23(14-19)25(2,3)29/h8-16H,1-7H3,(H,32,33). The second-order valence-electron chi connectivity index (χ2n) is 10.4. The smallest absolute Gasteiger partial charge is 0.399 e. The summed E-state index contributed by atoms with van der Waals surface area (Å²) in [5.41, 5.74) is 2.10. The first-order valence-electron chi connectivity index (χ1n) is 11.7. The SMILES string of the molecule is Cc1ncc(NC(=O)c2ccnc(C(C)(C)F)c2)cc1-c1cccc(B2OC(C)(C)C(C)(C)O2)c1. The molecule has 1 N–H and O–H groups in total. The molecule has 0 unspecified atom stereocenters. The average molecular weight is 475 g/mol. The molecule has 182 valence electrons. The Labute approximate surface area is 206 Å². The van der Waals surface area contributed by atoms with E-state index in [1.165, 1.54) is 26.1 Å². The quantitative estimate of drug-likeness (QED) is 0.513. The zero-order chi connectivity index (χ0) is 25.6. The van der Waals surface area contributed by atoms with Gasteiger partial charge in [0.1, 0.15) is 5.67 Å². The number of carbonyl (C=O) groups excluding carboxylic acids is 1. The first-order chi connectivity index (χ1) is 16.3. The van der Waals surface area contributed by atoms with Crippen LogP contribution in [0.3, 0.4) is 0 Å². The van der Waals surface area contributed by atoms with E-state index in [1.54, 1.807) is 12.3 Å². The molecule has 1 aromatic carbocycles. The van der Waals surface area contributed by atoms with Gasteiger partial charge < -0.3 is 14.6 Å². The molecule has 1 aliphatic heterocycles. The minimum atomic E-state index is -1.64. The zero-order valence-electron chi connectivity index (χ0n) is 21.3. The van der Waals surface area contributed by atoms with Crippen LogP contribution < -0.4 is 10.8 Å². The highest BCUT2D eigenvalue weighted by molar-refractivity contribution is 6.62. The molecule has 35 heavy (non-hydrogen) atoms. The van der Waals surface area contributed by atoms with Crippen molar-refractivity contribution in [2.45, 2.75) is 65.3 Å². The number of halogens is 1. The lowest BCUT2D eigenvalue weighted by Gasteiger charge is -2.32. The number of amides is 1. The van der Waals surface area contributed by atoms with Gasteiger partial charge in [-0.2, -0.15) is 0 Å². The van der Waals surface area contributed by atoms with Crippen molar-refractivity contribution in [2.24, 2.45) is 0 Å². The summed E-state index contributed by atoms with van der Waals surface area (Å²) >= 11 is 0. The number of aryl methyl sites for hydroxylation is 1. The fraction of sp³-hybridized carbons (Fsp3) is 0.370. The zero-order valence-corrected chi connectivity index (χ0v) is 21.3. The molecule has 4 rings (SSSR count). The van der Waals surface area contributed by atoms with Gasteiger partial charge in [-0.05, 0) is 77.7 Å². The first-order valence-corrected chi connectivity index (χ1v) is 11.7. The molecular formula is C27H31BFN3O3. The van der Waals surface area contributed by atoms with Crippen molar-refractivity contribution in [3.05, 3.63) is 71.8 Å². The number of carbonyl (C=O) groups is 1. The number of aromatic nitrogens is 2. The molecule has 0 spiro atoms. The molecule has 0 aliphatic carbocycles. The highest BCUT2D eigenvalue weighted by atomic mass is 19.1. The molecule has 1 aliphatic rings. The maximum Gasteiger partial charge on any atom is 0.494 e. The van der Waals surface area contributed by atoms with Gasteiger partial charge in [-0.1, -0.05) is 24.3 Å². The Morgan fingerprint density at radius 3 is 2.37 bits per heavy atom. The van der Waals surface area contributed by atoms with Crippen molar-refractivity contribution in [2.75, 3.05) is 5.32 Å². The Balaban J connectivity index is 1.59. The van der Waals surface area contributed by atoms with Crippen molar-refractivity contribution in [3.8, 4) is 11.1 Å². The van der Waals surface area contributed by atoms with Crippen LogP contribution in [0.1, 0.15) is 63.3 Å². The maximum absolute atomic E-state index is 14.3. The van der Waals surface area contributed by atoms with Gasteiger partial charge in [0.15, 0.2) is 0 Å². The van der Waals surface area contributed by atoms with E-state index < -0.39 is 24.0 Å². The monoisotopic (exact) mass is 475 g/mol. The number of anilines is 1. The van der Waals surface area contributed by atoms with Crippen LogP contribution in [0.25, 0.3) is 11.1 Å². The van der Waals surface area contributed by atoms with Gasteiger partial charge in [0.25, 0.3) is 5.91 Å². The summed E-state index contributed by atoms with van der Waals surface area (Å²) < 4.78 is 26.7. The number of nitrogens with one attached hydrogen (secondary N) is 1. The summed E-state index contributed by atoms with van der Waals surface area (Å²) in [6, 6.07) is 12.8. The van der Waals surface area contributed by atoms with E-state index in [9.17, 15) is 9.18 Å². The van der Waals surface area contributed by atoms with Crippen LogP contribution in [0.2, 0.25) is 0 Å². The van der Waals surface area contributed by atoms with E-state index in [4.69, 9.17) is 9.31 Å². The van der Waals surface area contributed by atoms with E-state index in [-0.39, 0.29) is 11.6 Å². The Morgan fingerprint density at radius 1 is 1.03 bits per heavy atom. The summed E-state index contributed by atoms with van der Waals surface area (Å²) in [5, 5.41) is 2.86. The Morgan fingerprint density at radius 2 is 1.71 bits per heavy atom. The average Bonchev–Trinajstić information content (AvgIpc) is 3.01. The minimum absolute atomic E-state index is 0.201. The van der Waals surface area contributed by atoms with Crippen molar-refractivity contribution in [1.82, 2.24) is 9.97 Å². The van der Waals surface area contributed by atoms with Crippen LogP contribution in [0.4, 0.5) is 10.1 Å². The predicted octanol–water partition coefficient (Wildman–Crippen LogP) is 5.21. The molecule has 3 aromatic rings. The number of alkyl halides is 1. The summed E-state index contributed by atoms with van der Waals surface area (Å²) in [6.07, 6.45) is 3.04. The van der Waals surface area contributed by atoms with Gasteiger partial charge in [-0.15, -0.1) is 0 Å². The fourth-order valence-corrected chi connectivity index (χ4v) is 3.83. The third-order valence-electron chi connectivity index (χ3n) is 6.70. The highest BCUT2D eigenvalue weighted by Gasteiger charge is 2.51. The second-order valence-corrected chi connectivity index (χ2v) is 10.4. The number of rotatable bonds is 5. The van der Waals surface area contributed by atoms with Crippen LogP contribution in [-0.2, 0) is 15.0 Å². The highest BCUT2D eigenvalue weighted by Crippen LogP contribution is 2.37. The lowest BCUT2D eigenvalue weighted by molar-refractivity contribution is 0.00578. The third-order valence-corrected chi connectivity index (χ3v) is 6.70. The molecule has 0 radical (unpaired) electrons. The third kappa shape index (κ3) is 5.14. The fourth-order valence-electron chi connectivity index (χ4n) is 3.83. The summed E-state index contributed by atoms with van der Waals surface area (Å²) in [6.45, 7) is 12.8. The van der Waals surface area contributed by atoms with Crippen LogP contribution in [0, 0.1) is 6.92 Å². The van der Waals surface area contributed by atoms with Gasteiger partial charge in [-0.3, -0.25) is 14.8 Å². The molecule has 0 atom stereocenters. The van der Waals surface area contributed by atoms with Crippen molar-refractivity contribution in [3.63, 3.8) is 0 Å². The summed E-state index contributed by atoms with van der Waals surface area (Å²) in [7, 11) is -0.475. The van der Waals surface area contributed by atoms with Gasteiger partial charge in [-0.25, -0.2) is 4.39 Å². The molecule has 3 heterocycles. The van der Waals surface area contributed by atoms with Gasteiger partial charge in [0.2, 0.25) is 0 Å². The van der Waals surface area contributed by atoms with E-state index in [1.807, 2.05) is 65.0 Å². The molecule has 0 bridgehead atoms. The van der Waals surface area contributed by atoms with E-state index in [0.29, 0.717) is 11.3 Å². The van der Waals surface area contributed by atoms with Crippen LogP contribution in [-0.4, -0.2) is 34.2 Å². The maximum atomic E-state index is 14.3. The predicted molar refractivity (Wildman–Crippen MR) is 136 cm³/mol. The molecule has 8 heteroatoms. The van der Waals surface area contributed by atoms with Crippen LogP contribution >= 0.6 is 0 Å². The summed E-state index contributed by atoms with van der Waals surface area (Å²) in [5.74, 6) is -0.361. The first kappa shape index (κ1) is 25.0. The molecule has 2 aromatic heterocycles. The molecule has 1 amide bonds. The van der Waals surface area contributed by atoms with E-state index in [0.717, 1.165) is 22.3 Å². The largest absolute Gasteiger partial charge is 0.494 e. The molecule has 0 saturated carbocycles. The number of hydrogen-bond acceptors (Lipinski definition) is 5. The number of nitrogens with zero attached hydrogens (tertiary/aromatic N) is 2. The van der Waals surface area contributed by atoms with Gasteiger partial charge in [0, 0.05) is 23.0 Å². The van der Waals surface area contributed by atoms with Crippen LogP contribution in [0.15, 0.2) is 54.9 Å². The molecule has 1 fully saturated rings. The summed E-state index contributed by atoms with van der Waals surface area (Å²) in [4.78, 5) is 21.4. The minimum Gasteiger partial charge on any atom is -0.399 e. The molecular weight excluding hydrogens is 444 g/mol. The molecule has 6 nitrogen and oxygen atoms in total. The number of hydrogen-bond donors (Lipinski definition) is 1. The van der Waals surface area contributed by atoms with Crippen molar-refractivity contribution in [1.29, 1.82) is 0 Å². The normalized spacial score (nSPS) is 16.9. The number of benzene rings is 1. The lowest BCUT2D eigenvalue weighted by atomic mass is 9.78. The van der Waals surface area contributed by atoms with Gasteiger partial charge in [0.05, 0.1) is 28.8 Å². The Bertz CT molecular complexity index is 1250. The lowest BCUT2D eigenvalue weighted by Crippen LogP contribution is -2.41. The van der Waals surface area contributed by atoms with Crippen LogP contribution in [0.5, 0.6) is 0 Å². The van der Waals surface area contributed by atoms with E-state index in [2.05, 4.69) is 15.3 Å². The van der Waals surface area contributed by atoms with Gasteiger partial charge >= 0.3 is 7.12 Å². The number of pyridine rings is 2. The van der Waals surface area contributed by atoms with E-state index >= 15 is 0 Å². The second kappa shape index (κ2) is 8.84. The Kier molecular flexibility index (Phi) is 6.32. The Hall–Kier alpha value is -3.10. The molecule has 1 saturated heterocycles. The van der Waals surface area contributed by atoms with Crippen molar-refractivity contribution >= 4 is 24.2 Å².